The van der Waals surface area contributed by atoms with Gasteiger partial charge in [0.2, 0.25) is 5.96 Å². The fourth-order valence-electron chi connectivity index (χ4n) is 1.50. The number of hydrogen-bond donors (Lipinski definition) is 3. The summed E-state index contributed by atoms with van der Waals surface area (Å²) in [5, 5.41) is 15.5. The first-order valence-corrected chi connectivity index (χ1v) is 4.25. The van der Waals surface area contributed by atoms with E-state index in [1.807, 2.05) is 0 Å². The Morgan fingerprint density at radius 1 is 1.36 bits per heavy atom. The Hall–Kier alpha value is -0.980. The second-order valence-corrected chi connectivity index (χ2v) is 3.26. The van der Waals surface area contributed by atoms with Gasteiger partial charge in [0.05, 0.1) is 5.92 Å². The first-order chi connectivity index (χ1) is 6.45. The molecule has 1 aliphatic heterocycles. The van der Waals surface area contributed by atoms with Crippen molar-refractivity contribution in [3.63, 3.8) is 0 Å². The molecule has 0 aliphatic carbocycles. The summed E-state index contributed by atoms with van der Waals surface area (Å²) in [6.45, 7) is 0.299. The molecule has 14 heavy (non-hydrogen) atoms. The summed E-state index contributed by atoms with van der Waals surface area (Å²) >= 11 is 0. The Morgan fingerprint density at radius 2 is 1.86 bits per heavy atom. The zero-order chi connectivity index (χ0) is 10.8. The van der Waals surface area contributed by atoms with Gasteiger partial charge < -0.3 is 4.90 Å². The number of halogens is 3. The van der Waals surface area contributed by atoms with E-state index in [1.54, 1.807) is 5.48 Å². The summed E-state index contributed by atoms with van der Waals surface area (Å²) in [7, 11) is 0. The van der Waals surface area contributed by atoms with Gasteiger partial charge in [0.15, 0.2) is 0 Å². The van der Waals surface area contributed by atoms with Crippen molar-refractivity contribution < 1.29 is 18.4 Å². The van der Waals surface area contributed by atoms with Gasteiger partial charge in [0, 0.05) is 13.1 Å². The van der Waals surface area contributed by atoms with Crippen molar-refractivity contribution in [2.45, 2.75) is 19.0 Å². The van der Waals surface area contributed by atoms with E-state index in [9.17, 15) is 13.2 Å². The minimum atomic E-state index is -4.14. The predicted octanol–water partition coefficient (Wildman–Crippen LogP) is 1.17. The zero-order valence-corrected chi connectivity index (χ0v) is 7.43. The van der Waals surface area contributed by atoms with Gasteiger partial charge in [-0.15, -0.1) is 0 Å². The Bertz CT molecular complexity index is 211. The Balaban J connectivity index is 2.43. The van der Waals surface area contributed by atoms with Gasteiger partial charge in [-0.05, 0) is 12.8 Å². The van der Waals surface area contributed by atoms with Crippen LogP contribution in [0.4, 0.5) is 13.2 Å². The van der Waals surface area contributed by atoms with Crippen LogP contribution in [0.3, 0.4) is 0 Å². The van der Waals surface area contributed by atoms with Crippen LogP contribution in [0.25, 0.3) is 0 Å². The molecule has 0 unspecified atom stereocenters. The van der Waals surface area contributed by atoms with E-state index in [2.05, 4.69) is 0 Å². The number of rotatable bonds is 0. The number of hydrogen-bond acceptors (Lipinski definition) is 2. The van der Waals surface area contributed by atoms with Gasteiger partial charge in [0.1, 0.15) is 0 Å². The third kappa shape index (κ3) is 2.50. The third-order valence-corrected chi connectivity index (χ3v) is 2.38. The third-order valence-electron chi connectivity index (χ3n) is 2.38. The maximum absolute atomic E-state index is 12.2. The summed E-state index contributed by atoms with van der Waals surface area (Å²) in [6, 6.07) is 0. The van der Waals surface area contributed by atoms with Crippen LogP contribution in [0.5, 0.6) is 0 Å². The number of hydroxylamine groups is 1. The molecule has 4 nitrogen and oxygen atoms in total. The van der Waals surface area contributed by atoms with E-state index >= 15 is 0 Å². The molecule has 0 atom stereocenters. The van der Waals surface area contributed by atoms with Crippen molar-refractivity contribution in [2.24, 2.45) is 5.92 Å². The van der Waals surface area contributed by atoms with E-state index in [4.69, 9.17) is 10.6 Å². The monoisotopic (exact) mass is 211 g/mol. The molecule has 0 amide bonds. The number of piperidine rings is 1. The number of nitrogens with one attached hydrogen (secondary N) is 2. The molecule has 0 aromatic heterocycles. The average Bonchev–Trinajstić information content (AvgIpc) is 2.15. The molecule has 7 heteroatoms. The lowest BCUT2D eigenvalue weighted by molar-refractivity contribution is -0.183. The van der Waals surface area contributed by atoms with Crippen LogP contribution >= 0.6 is 0 Å². The van der Waals surface area contributed by atoms with Crippen LogP contribution in [0, 0.1) is 11.3 Å². The van der Waals surface area contributed by atoms with Gasteiger partial charge in [0.25, 0.3) is 0 Å². The molecule has 0 aromatic carbocycles. The van der Waals surface area contributed by atoms with Crippen molar-refractivity contribution in [1.82, 2.24) is 10.4 Å². The average molecular weight is 211 g/mol. The van der Waals surface area contributed by atoms with Gasteiger partial charge in [-0.3, -0.25) is 10.6 Å². The number of likely N-dealkylation sites (tertiary alicyclic amines) is 1. The van der Waals surface area contributed by atoms with Crippen LogP contribution in [0.2, 0.25) is 0 Å². The van der Waals surface area contributed by atoms with Crippen LogP contribution in [-0.2, 0) is 0 Å². The fraction of sp³-hybridized carbons (Fsp3) is 0.857. The van der Waals surface area contributed by atoms with E-state index in [1.165, 1.54) is 4.90 Å². The molecular weight excluding hydrogens is 199 g/mol. The van der Waals surface area contributed by atoms with Crippen molar-refractivity contribution in [1.29, 1.82) is 5.41 Å². The Labute approximate surface area is 79.2 Å². The highest BCUT2D eigenvalue weighted by atomic mass is 19.4. The van der Waals surface area contributed by atoms with Crippen LogP contribution in [0.15, 0.2) is 0 Å². The minimum absolute atomic E-state index is 0.0203. The topological polar surface area (TPSA) is 59.4 Å². The largest absolute Gasteiger partial charge is 0.391 e. The van der Waals surface area contributed by atoms with Crippen LogP contribution < -0.4 is 5.48 Å². The zero-order valence-electron chi connectivity index (χ0n) is 7.43. The number of alkyl halides is 3. The normalized spacial score (nSPS) is 19.6. The highest BCUT2D eigenvalue weighted by molar-refractivity contribution is 5.75. The molecule has 0 saturated carbocycles. The molecule has 1 saturated heterocycles. The van der Waals surface area contributed by atoms with Crippen molar-refractivity contribution in [3.05, 3.63) is 0 Å². The van der Waals surface area contributed by atoms with Crippen LogP contribution in [-0.4, -0.2) is 35.3 Å². The maximum atomic E-state index is 12.2. The number of guanidine groups is 1. The van der Waals surface area contributed by atoms with Gasteiger partial charge in [-0.2, -0.15) is 13.2 Å². The quantitative estimate of drug-likeness (QED) is 0.320. The van der Waals surface area contributed by atoms with Gasteiger partial charge in [-0.1, -0.05) is 0 Å². The lowest BCUT2D eigenvalue weighted by Crippen LogP contribution is -2.46. The summed E-state index contributed by atoms with van der Waals surface area (Å²) in [6.07, 6.45) is -4.18. The molecular formula is C7H12F3N3O. The van der Waals surface area contributed by atoms with Gasteiger partial charge in [-0.25, -0.2) is 5.48 Å². The lowest BCUT2D eigenvalue weighted by Gasteiger charge is -2.33. The van der Waals surface area contributed by atoms with Crippen LogP contribution in [0.1, 0.15) is 12.8 Å². The Morgan fingerprint density at radius 3 is 2.21 bits per heavy atom. The first-order valence-electron chi connectivity index (χ1n) is 4.25. The number of nitrogens with zero attached hydrogens (tertiary/aromatic N) is 1. The summed E-state index contributed by atoms with van der Waals surface area (Å²) in [4.78, 5) is 1.38. The van der Waals surface area contributed by atoms with Crippen molar-refractivity contribution >= 4 is 5.96 Å². The molecule has 1 fully saturated rings. The molecule has 0 bridgehead atoms. The van der Waals surface area contributed by atoms with E-state index < -0.39 is 12.1 Å². The summed E-state index contributed by atoms with van der Waals surface area (Å²) in [5.41, 5.74) is 1.62. The molecule has 3 N–H and O–H groups in total. The molecule has 0 spiro atoms. The van der Waals surface area contributed by atoms with E-state index in [0.29, 0.717) is 0 Å². The van der Waals surface area contributed by atoms with E-state index in [0.717, 1.165) is 0 Å². The second-order valence-electron chi connectivity index (χ2n) is 3.26. The molecule has 0 aromatic rings. The lowest BCUT2D eigenvalue weighted by atomic mass is 9.96. The minimum Gasteiger partial charge on any atom is -0.341 e. The van der Waals surface area contributed by atoms with Crippen molar-refractivity contribution in [2.75, 3.05) is 13.1 Å². The summed E-state index contributed by atoms with van der Waals surface area (Å²) < 4.78 is 36.6. The molecule has 0 radical (unpaired) electrons. The van der Waals surface area contributed by atoms with Gasteiger partial charge >= 0.3 is 6.18 Å². The molecule has 1 heterocycles. The summed E-state index contributed by atoms with van der Waals surface area (Å²) in [5.74, 6) is -1.52. The fourth-order valence-corrected chi connectivity index (χ4v) is 1.50. The smallest absolute Gasteiger partial charge is 0.341 e. The SMILES string of the molecule is N=C(NO)N1CCC(C(F)(F)F)CC1. The molecule has 82 valence electrons. The maximum Gasteiger partial charge on any atom is 0.391 e. The highest BCUT2D eigenvalue weighted by Crippen LogP contribution is 2.33. The highest BCUT2D eigenvalue weighted by Gasteiger charge is 2.41. The van der Waals surface area contributed by atoms with E-state index in [-0.39, 0.29) is 31.9 Å². The Kier molecular flexibility index (Phi) is 3.20. The molecule has 1 rings (SSSR count). The predicted molar refractivity (Wildman–Crippen MR) is 43.0 cm³/mol. The standard InChI is InChI=1S/C7H12F3N3O/c8-7(9,10)5-1-3-13(4-2-5)6(11)12-14/h5,14H,1-4H2,(H2,11,12). The molecule has 1 aliphatic rings. The first kappa shape index (κ1) is 11.1. The van der Waals surface area contributed by atoms with Crippen molar-refractivity contribution in [3.8, 4) is 0 Å². The second kappa shape index (κ2) is 4.04.